The Bertz CT molecular complexity index is 690. The van der Waals surface area contributed by atoms with Crippen molar-refractivity contribution in [2.75, 3.05) is 19.6 Å². The molecule has 2 amide bonds. The van der Waals surface area contributed by atoms with Gasteiger partial charge in [-0.3, -0.25) is 9.59 Å². The predicted molar refractivity (Wildman–Crippen MR) is 90.0 cm³/mol. The fourth-order valence-electron chi connectivity index (χ4n) is 2.71. The highest BCUT2D eigenvalue weighted by molar-refractivity contribution is 7.91. The van der Waals surface area contributed by atoms with Crippen LogP contribution in [0.1, 0.15) is 25.7 Å². The van der Waals surface area contributed by atoms with E-state index in [4.69, 9.17) is 0 Å². The van der Waals surface area contributed by atoms with Gasteiger partial charge in [0.1, 0.15) is 4.21 Å². The molecule has 132 valence electrons. The minimum absolute atomic E-state index is 0.0287. The van der Waals surface area contributed by atoms with Gasteiger partial charge in [-0.2, -0.15) is 0 Å². The minimum atomic E-state index is -3.47. The average molecular weight is 371 g/mol. The van der Waals surface area contributed by atoms with E-state index in [9.17, 15) is 18.0 Å². The Morgan fingerprint density at radius 3 is 2.50 bits per heavy atom. The Morgan fingerprint density at radius 1 is 1.21 bits per heavy atom. The Labute approximate surface area is 145 Å². The molecule has 24 heavy (non-hydrogen) atoms. The van der Waals surface area contributed by atoms with Crippen molar-refractivity contribution >= 4 is 33.2 Å². The summed E-state index contributed by atoms with van der Waals surface area (Å²) in [6.07, 6.45) is 2.98. The van der Waals surface area contributed by atoms with Crippen molar-refractivity contribution in [1.82, 2.24) is 14.9 Å². The molecule has 7 nitrogen and oxygen atoms in total. The number of sulfonamides is 1. The third-order valence-electron chi connectivity index (χ3n) is 4.29. The summed E-state index contributed by atoms with van der Waals surface area (Å²) in [7, 11) is -3.47. The molecule has 2 N–H and O–H groups in total. The highest BCUT2D eigenvalue weighted by Crippen LogP contribution is 2.28. The molecule has 0 atom stereocenters. The molecule has 1 saturated heterocycles. The summed E-state index contributed by atoms with van der Waals surface area (Å²) in [5.41, 5.74) is 0. The second-order valence-corrected chi connectivity index (χ2v) is 9.09. The first-order valence-corrected chi connectivity index (χ1v) is 10.4. The van der Waals surface area contributed by atoms with Crippen LogP contribution in [0, 0.1) is 5.92 Å². The maximum absolute atomic E-state index is 12.2. The lowest BCUT2D eigenvalue weighted by Gasteiger charge is -2.32. The van der Waals surface area contributed by atoms with Crippen molar-refractivity contribution in [2.45, 2.75) is 35.9 Å². The Balaban J connectivity index is 1.43. The van der Waals surface area contributed by atoms with Gasteiger partial charge in [-0.1, -0.05) is 6.07 Å². The third-order valence-corrected chi connectivity index (χ3v) is 7.21. The number of thiophene rings is 1. The standard InChI is InChI=1S/C15H21N3O4S2/c19-13(10-16-15(20)11-3-4-11)18-7-5-12(6-8-18)17-24(21,22)14-2-1-9-23-14/h1-2,9,11-12,17H,3-8,10H2,(H,16,20). The smallest absolute Gasteiger partial charge is 0.250 e. The molecule has 1 aromatic heterocycles. The van der Waals surface area contributed by atoms with Gasteiger partial charge in [-0.05, 0) is 37.1 Å². The highest BCUT2D eigenvalue weighted by Gasteiger charge is 2.31. The number of nitrogens with zero attached hydrogens (tertiary/aromatic N) is 1. The Morgan fingerprint density at radius 2 is 1.92 bits per heavy atom. The largest absolute Gasteiger partial charge is 0.347 e. The molecule has 1 aliphatic carbocycles. The van der Waals surface area contributed by atoms with Crippen LogP contribution in [0.2, 0.25) is 0 Å². The normalized spacial score (nSPS) is 19.2. The molecule has 0 radical (unpaired) electrons. The SMILES string of the molecule is O=C(NCC(=O)N1CCC(NS(=O)(=O)c2cccs2)CC1)C1CC1. The minimum Gasteiger partial charge on any atom is -0.347 e. The topological polar surface area (TPSA) is 95.6 Å². The van der Waals surface area contributed by atoms with Gasteiger partial charge >= 0.3 is 0 Å². The van der Waals surface area contributed by atoms with Crippen molar-refractivity contribution in [3.63, 3.8) is 0 Å². The fraction of sp³-hybridized carbons (Fsp3) is 0.600. The third kappa shape index (κ3) is 4.34. The number of piperidine rings is 1. The lowest BCUT2D eigenvalue weighted by atomic mass is 10.1. The zero-order valence-corrected chi connectivity index (χ0v) is 14.9. The molecule has 0 aromatic carbocycles. The average Bonchev–Trinajstić information content (AvgIpc) is 3.26. The Kier molecular flexibility index (Phi) is 5.21. The molecule has 0 unspecified atom stereocenters. The van der Waals surface area contributed by atoms with Crippen LogP contribution in [0.3, 0.4) is 0 Å². The van der Waals surface area contributed by atoms with Crippen molar-refractivity contribution in [1.29, 1.82) is 0 Å². The summed E-state index contributed by atoms with van der Waals surface area (Å²) in [4.78, 5) is 25.3. The molecule has 1 aromatic rings. The van der Waals surface area contributed by atoms with E-state index in [0.29, 0.717) is 30.1 Å². The van der Waals surface area contributed by atoms with Crippen LogP contribution in [-0.4, -0.2) is 50.8 Å². The molecular formula is C15H21N3O4S2. The number of nitrogens with one attached hydrogen (secondary N) is 2. The summed E-state index contributed by atoms with van der Waals surface area (Å²) in [6, 6.07) is 3.12. The molecule has 2 aliphatic rings. The van der Waals surface area contributed by atoms with E-state index >= 15 is 0 Å². The van der Waals surface area contributed by atoms with E-state index in [1.165, 1.54) is 11.3 Å². The van der Waals surface area contributed by atoms with E-state index in [1.54, 1.807) is 22.4 Å². The van der Waals surface area contributed by atoms with Crippen LogP contribution < -0.4 is 10.0 Å². The van der Waals surface area contributed by atoms with E-state index in [2.05, 4.69) is 10.0 Å². The first-order chi connectivity index (χ1) is 11.5. The molecule has 3 rings (SSSR count). The van der Waals surface area contributed by atoms with Gasteiger partial charge in [-0.15, -0.1) is 11.3 Å². The van der Waals surface area contributed by atoms with Gasteiger partial charge in [0.25, 0.3) is 0 Å². The van der Waals surface area contributed by atoms with E-state index in [-0.39, 0.29) is 30.3 Å². The molecule has 0 spiro atoms. The number of hydrogen-bond acceptors (Lipinski definition) is 5. The summed E-state index contributed by atoms with van der Waals surface area (Å²) >= 11 is 1.19. The van der Waals surface area contributed by atoms with Gasteiger partial charge < -0.3 is 10.2 Å². The first-order valence-electron chi connectivity index (χ1n) is 8.07. The molecule has 2 heterocycles. The van der Waals surface area contributed by atoms with Gasteiger partial charge in [0.05, 0.1) is 6.54 Å². The van der Waals surface area contributed by atoms with Crippen LogP contribution in [-0.2, 0) is 19.6 Å². The van der Waals surface area contributed by atoms with Crippen molar-refractivity contribution < 1.29 is 18.0 Å². The molecule has 0 bridgehead atoms. The number of rotatable bonds is 6. The number of hydrogen-bond donors (Lipinski definition) is 2. The van der Waals surface area contributed by atoms with Crippen molar-refractivity contribution in [2.24, 2.45) is 5.92 Å². The zero-order valence-electron chi connectivity index (χ0n) is 13.2. The van der Waals surface area contributed by atoms with Crippen LogP contribution in [0.5, 0.6) is 0 Å². The van der Waals surface area contributed by atoms with Crippen LogP contribution >= 0.6 is 11.3 Å². The molecular weight excluding hydrogens is 350 g/mol. The monoisotopic (exact) mass is 371 g/mol. The van der Waals surface area contributed by atoms with Gasteiger partial charge in [0.15, 0.2) is 0 Å². The Hall–Kier alpha value is -1.45. The van der Waals surface area contributed by atoms with Gasteiger partial charge in [0.2, 0.25) is 21.8 Å². The maximum atomic E-state index is 12.2. The highest BCUT2D eigenvalue weighted by atomic mass is 32.2. The van der Waals surface area contributed by atoms with Gasteiger partial charge in [0, 0.05) is 25.0 Å². The summed E-state index contributed by atoms with van der Waals surface area (Å²) in [5, 5.41) is 4.40. The predicted octanol–water partition coefficient (Wildman–Crippen LogP) is 0.544. The second kappa shape index (κ2) is 7.20. The van der Waals surface area contributed by atoms with Crippen molar-refractivity contribution in [3.05, 3.63) is 17.5 Å². The van der Waals surface area contributed by atoms with Crippen molar-refractivity contribution in [3.8, 4) is 0 Å². The lowest BCUT2D eigenvalue weighted by Crippen LogP contribution is -2.49. The number of carbonyl (C=O) groups is 2. The summed E-state index contributed by atoms with van der Waals surface area (Å²) in [6.45, 7) is 1.02. The molecule has 2 fully saturated rings. The van der Waals surface area contributed by atoms with E-state index in [0.717, 1.165) is 12.8 Å². The summed E-state index contributed by atoms with van der Waals surface area (Å²) in [5.74, 6) is -0.0549. The van der Waals surface area contributed by atoms with E-state index in [1.807, 2.05) is 0 Å². The number of amides is 2. The molecule has 1 aliphatic heterocycles. The number of likely N-dealkylation sites (tertiary alicyclic amines) is 1. The van der Waals surface area contributed by atoms with Gasteiger partial charge in [-0.25, -0.2) is 13.1 Å². The second-order valence-electron chi connectivity index (χ2n) is 6.20. The fourth-order valence-corrected chi connectivity index (χ4v) is 5.02. The zero-order chi connectivity index (χ0) is 17.2. The van der Waals surface area contributed by atoms with Crippen LogP contribution in [0.4, 0.5) is 0 Å². The van der Waals surface area contributed by atoms with E-state index < -0.39 is 10.0 Å². The van der Waals surface area contributed by atoms with Crippen LogP contribution in [0.25, 0.3) is 0 Å². The molecule has 9 heteroatoms. The number of carbonyl (C=O) groups excluding carboxylic acids is 2. The first kappa shape index (κ1) is 17.4. The maximum Gasteiger partial charge on any atom is 0.250 e. The summed E-state index contributed by atoms with van der Waals surface area (Å²) < 4.78 is 27.4. The lowest BCUT2D eigenvalue weighted by molar-refractivity contribution is -0.134. The van der Waals surface area contributed by atoms with Crippen LogP contribution in [0.15, 0.2) is 21.7 Å². The quantitative estimate of drug-likeness (QED) is 0.763. The molecule has 1 saturated carbocycles.